The Morgan fingerprint density at radius 3 is 2.72 bits per heavy atom. The first kappa shape index (κ1) is 19.3. The number of nitrogens with zero attached hydrogens (tertiary/aromatic N) is 1. The molecule has 0 spiro atoms. The van der Waals surface area contributed by atoms with Gasteiger partial charge in [0.15, 0.2) is 0 Å². The van der Waals surface area contributed by atoms with Gasteiger partial charge in [0.25, 0.3) is 0 Å². The minimum absolute atomic E-state index is 0.0411. The van der Waals surface area contributed by atoms with Crippen LogP contribution in [0.1, 0.15) is 19.8 Å². The third kappa shape index (κ3) is 6.10. The van der Waals surface area contributed by atoms with E-state index in [1.165, 1.54) is 0 Å². The maximum absolute atomic E-state index is 11.8. The van der Waals surface area contributed by atoms with Crippen LogP contribution in [0.25, 0.3) is 0 Å². The maximum Gasteiger partial charge on any atom is 0.317 e. The van der Waals surface area contributed by atoms with E-state index in [2.05, 4.69) is 10.6 Å². The van der Waals surface area contributed by atoms with Gasteiger partial charge in [0.05, 0.1) is 18.1 Å². The van der Waals surface area contributed by atoms with Gasteiger partial charge in [-0.25, -0.2) is 4.79 Å². The zero-order valence-electron chi connectivity index (χ0n) is 14.2. The van der Waals surface area contributed by atoms with Gasteiger partial charge < -0.3 is 20.5 Å². The fourth-order valence-electron chi connectivity index (χ4n) is 2.80. The number of carbonyl (C=O) groups is 2. The number of benzene rings is 1. The SMILES string of the molecule is CCN(CC(=O)O)C1CC(NC(=O)NCCOc2ccccc2Cl)C1. The fraction of sp³-hybridized carbons (Fsp3) is 0.529. The molecule has 0 radical (unpaired) electrons. The number of rotatable bonds is 9. The molecule has 1 fully saturated rings. The second kappa shape index (κ2) is 9.48. The minimum atomic E-state index is -0.825. The lowest BCUT2D eigenvalue weighted by Crippen LogP contribution is -2.56. The molecule has 1 aromatic rings. The zero-order chi connectivity index (χ0) is 18.2. The van der Waals surface area contributed by atoms with Gasteiger partial charge in [0.2, 0.25) is 0 Å². The lowest BCUT2D eigenvalue weighted by atomic mass is 9.85. The van der Waals surface area contributed by atoms with E-state index in [9.17, 15) is 9.59 Å². The highest BCUT2D eigenvalue weighted by molar-refractivity contribution is 6.32. The molecule has 1 aromatic carbocycles. The number of likely N-dealkylation sites (N-methyl/N-ethyl adjacent to an activating group) is 1. The summed E-state index contributed by atoms with van der Waals surface area (Å²) in [5.41, 5.74) is 0. The van der Waals surface area contributed by atoms with Crippen molar-refractivity contribution in [3.8, 4) is 5.75 Å². The summed E-state index contributed by atoms with van der Waals surface area (Å²) in [6.07, 6.45) is 1.54. The number of hydrogen-bond donors (Lipinski definition) is 3. The van der Waals surface area contributed by atoms with Crippen LogP contribution in [0.4, 0.5) is 4.79 Å². The summed E-state index contributed by atoms with van der Waals surface area (Å²) in [6, 6.07) is 7.22. The van der Waals surface area contributed by atoms with Crippen molar-refractivity contribution in [2.24, 2.45) is 0 Å². The molecule has 0 atom stereocenters. The van der Waals surface area contributed by atoms with Crippen molar-refractivity contribution >= 4 is 23.6 Å². The van der Waals surface area contributed by atoms with Gasteiger partial charge in [-0.05, 0) is 31.5 Å². The highest BCUT2D eigenvalue weighted by atomic mass is 35.5. The molecular formula is C17H24ClN3O4. The number of carboxylic acid groups (broad SMARTS) is 1. The predicted molar refractivity (Wildman–Crippen MR) is 95.2 cm³/mol. The van der Waals surface area contributed by atoms with Crippen LogP contribution < -0.4 is 15.4 Å². The van der Waals surface area contributed by atoms with Crippen LogP contribution in [0.15, 0.2) is 24.3 Å². The van der Waals surface area contributed by atoms with Crippen LogP contribution in [-0.4, -0.2) is 60.3 Å². The summed E-state index contributed by atoms with van der Waals surface area (Å²) in [7, 11) is 0. The molecule has 1 saturated carbocycles. The van der Waals surface area contributed by atoms with E-state index in [0.29, 0.717) is 30.5 Å². The summed E-state index contributed by atoms with van der Waals surface area (Å²) in [6.45, 7) is 3.37. The molecule has 0 bridgehead atoms. The highest BCUT2D eigenvalue weighted by Crippen LogP contribution is 2.25. The van der Waals surface area contributed by atoms with E-state index in [4.69, 9.17) is 21.4 Å². The second-order valence-corrected chi connectivity index (χ2v) is 6.37. The van der Waals surface area contributed by atoms with Gasteiger partial charge in [-0.15, -0.1) is 0 Å². The van der Waals surface area contributed by atoms with Gasteiger partial charge >= 0.3 is 12.0 Å². The lowest BCUT2D eigenvalue weighted by molar-refractivity contribution is -0.139. The number of para-hydroxylation sites is 1. The van der Waals surface area contributed by atoms with Crippen LogP contribution in [0.5, 0.6) is 5.75 Å². The molecule has 7 nitrogen and oxygen atoms in total. The topological polar surface area (TPSA) is 90.9 Å². The average molecular weight is 370 g/mol. The van der Waals surface area contributed by atoms with Gasteiger partial charge in [-0.3, -0.25) is 9.69 Å². The predicted octanol–water partition coefficient (Wildman–Crippen LogP) is 1.96. The Bertz CT molecular complexity index is 593. The smallest absolute Gasteiger partial charge is 0.317 e. The molecule has 2 amide bonds. The van der Waals surface area contributed by atoms with Crippen LogP contribution in [0.2, 0.25) is 5.02 Å². The minimum Gasteiger partial charge on any atom is -0.490 e. The molecule has 0 saturated heterocycles. The Hall–Kier alpha value is -1.99. The van der Waals surface area contributed by atoms with E-state index < -0.39 is 5.97 Å². The summed E-state index contributed by atoms with van der Waals surface area (Å²) in [5.74, 6) is -0.235. The first-order valence-corrected chi connectivity index (χ1v) is 8.75. The lowest BCUT2D eigenvalue weighted by Gasteiger charge is -2.42. The average Bonchev–Trinajstić information content (AvgIpc) is 2.54. The number of urea groups is 1. The molecule has 0 aliphatic heterocycles. The molecule has 0 aromatic heterocycles. The number of amides is 2. The van der Waals surface area contributed by atoms with Crippen LogP contribution in [-0.2, 0) is 4.79 Å². The zero-order valence-corrected chi connectivity index (χ0v) is 15.0. The highest BCUT2D eigenvalue weighted by Gasteiger charge is 2.34. The van der Waals surface area contributed by atoms with Crippen molar-refractivity contribution in [1.29, 1.82) is 0 Å². The number of carbonyl (C=O) groups excluding carboxylic acids is 1. The first-order valence-electron chi connectivity index (χ1n) is 8.37. The quantitative estimate of drug-likeness (QED) is 0.579. The first-order chi connectivity index (χ1) is 12.0. The van der Waals surface area contributed by atoms with E-state index >= 15 is 0 Å². The van der Waals surface area contributed by atoms with Crippen LogP contribution in [0.3, 0.4) is 0 Å². The largest absolute Gasteiger partial charge is 0.490 e. The van der Waals surface area contributed by atoms with Crippen molar-refractivity contribution in [3.63, 3.8) is 0 Å². The van der Waals surface area contributed by atoms with Crippen molar-refractivity contribution < 1.29 is 19.4 Å². The molecule has 25 heavy (non-hydrogen) atoms. The molecule has 1 aliphatic carbocycles. The molecule has 0 heterocycles. The summed E-state index contributed by atoms with van der Waals surface area (Å²) in [5, 5.41) is 15.0. The number of aliphatic carboxylic acids is 1. The Morgan fingerprint density at radius 2 is 2.08 bits per heavy atom. The normalized spacial score (nSPS) is 19.2. The molecule has 0 unspecified atom stereocenters. The van der Waals surface area contributed by atoms with Crippen molar-refractivity contribution in [1.82, 2.24) is 15.5 Å². The number of ether oxygens (including phenoxy) is 1. The molecule has 2 rings (SSSR count). The van der Waals surface area contributed by atoms with Crippen molar-refractivity contribution in [2.75, 3.05) is 26.2 Å². The number of carboxylic acids is 1. The number of halogens is 1. The fourth-order valence-corrected chi connectivity index (χ4v) is 2.99. The van der Waals surface area contributed by atoms with Gasteiger partial charge in [-0.2, -0.15) is 0 Å². The third-order valence-corrected chi connectivity index (χ3v) is 4.50. The van der Waals surface area contributed by atoms with Crippen molar-refractivity contribution in [3.05, 3.63) is 29.3 Å². The maximum atomic E-state index is 11.8. The van der Waals surface area contributed by atoms with Gasteiger partial charge in [-0.1, -0.05) is 30.7 Å². The monoisotopic (exact) mass is 369 g/mol. The number of nitrogens with one attached hydrogen (secondary N) is 2. The van der Waals surface area contributed by atoms with Crippen molar-refractivity contribution in [2.45, 2.75) is 31.8 Å². The Labute approximate surface area is 152 Å². The molecule has 1 aliphatic rings. The Balaban J connectivity index is 1.59. The molecular weight excluding hydrogens is 346 g/mol. The standard InChI is InChI=1S/C17H24ClN3O4/c1-2-21(11-16(22)23)13-9-12(10-13)20-17(24)19-7-8-25-15-6-4-3-5-14(15)18/h3-6,12-13H,2,7-11H2,1H3,(H,22,23)(H2,19,20,24). The van der Waals surface area contributed by atoms with Gasteiger partial charge in [0, 0.05) is 12.1 Å². The van der Waals surface area contributed by atoms with E-state index in [0.717, 1.165) is 12.8 Å². The molecule has 8 heteroatoms. The summed E-state index contributed by atoms with van der Waals surface area (Å²) in [4.78, 5) is 24.6. The molecule has 3 N–H and O–H groups in total. The summed E-state index contributed by atoms with van der Waals surface area (Å²) < 4.78 is 5.50. The van der Waals surface area contributed by atoms with E-state index in [1.54, 1.807) is 12.1 Å². The van der Waals surface area contributed by atoms with Crippen LogP contribution >= 0.6 is 11.6 Å². The van der Waals surface area contributed by atoms with E-state index in [1.807, 2.05) is 24.0 Å². The second-order valence-electron chi connectivity index (χ2n) is 5.96. The van der Waals surface area contributed by atoms with Gasteiger partial charge in [0.1, 0.15) is 12.4 Å². The molecule has 138 valence electrons. The van der Waals surface area contributed by atoms with E-state index in [-0.39, 0.29) is 24.7 Å². The Kier molecular flexibility index (Phi) is 7.33. The number of hydrogen-bond acceptors (Lipinski definition) is 4. The van der Waals surface area contributed by atoms with Crippen LogP contribution in [0, 0.1) is 0 Å². The summed E-state index contributed by atoms with van der Waals surface area (Å²) >= 11 is 5.98. The third-order valence-electron chi connectivity index (χ3n) is 4.19. The Morgan fingerprint density at radius 1 is 1.36 bits per heavy atom.